The van der Waals surface area contributed by atoms with E-state index in [0.29, 0.717) is 24.6 Å². The second-order valence-electron chi connectivity index (χ2n) is 6.50. The Labute approximate surface area is 181 Å². The normalized spacial score (nSPS) is 11.1. The number of aliphatic imine (C=N–C) groups is 1. The van der Waals surface area contributed by atoms with Crippen molar-refractivity contribution >= 4 is 35.8 Å². The third-order valence-electron chi connectivity index (χ3n) is 3.53. The molecule has 1 rings (SSSR count). The molecule has 6 nitrogen and oxygen atoms in total. The van der Waals surface area contributed by atoms with Gasteiger partial charge in [-0.3, -0.25) is 4.79 Å². The van der Waals surface area contributed by atoms with E-state index < -0.39 is 0 Å². The highest BCUT2D eigenvalue weighted by Crippen LogP contribution is 2.06. The molecule has 7 heteroatoms. The Bertz CT molecular complexity index is 547. The Kier molecular flexibility index (Phi) is 14.9. The van der Waals surface area contributed by atoms with E-state index in [4.69, 9.17) is 4.74 Å². The minimum absolute atomic E-state index is 0. The lowest BCUT2D eigenvalue weighted by Gasteiger charge is -2.12. The minimum Gasteiger partial charge on any atom is -0.381 e. The molecule has 0 aromatic heterocycles. The molecule has 1 aromatic carbocycles. The van der Waals surface area contributed by atoms with Gasteiger partial charge in [0.25, 0.3) is 5.91 Å². The molecule has 0 aliphatic rings. The smallest absolute Gasteiger partial charge is 0.251 e. The van der Waals surface area contributed by atoms with Crippen molar-refractivity contribution in [2.45, 2.75) is 40.7 Å². The molecule has 0 atom stereocenters. The van der Waals surface area contributed by atoms with Crippen molar-refractivity contribution in [3.05, 3.63) is 35.4 Å². The molecule has 0 aliphatic carbocycles. The van der Waals surface area contributed by atoms with Crippen molar-refractivity contribution in [2.75, 3.05) is 32.8 Å². The van der Waals surface area contributed by atoms with E-state index in [1.165, 1.54) is 0 Å². The van der Waals surface area contributed by atoms with E-state index in [-0.39, 0.29) is 29.9 Å². The summed E-state index contributed by atoms with van der Waals surface area (Å²) in [4.78, 5) is 16.4. The lowest BCUT2D eigenvalue weighted by molar-refractivity contribution is 0.0956. The summed E-state index contributed by atoms with van der Waals surface area (Å²) in [7, 11) is 0. The van der Waals surface area contributed by atoms with Crippen LogP contribution in [-0.2, 0) is 11.3 Å². The fourth-order valence-corrected chi connectivity index (χ4v) is 2.24. The summed E-state index contributed by atoms with van der Waals surface area (Å²) in [6.07, 6.45) is 0.943. The predicted octanol–water partition coefficient (Wildman–Crippen LogP) is 3.17. The van der Waals surface area contributed by atoms with Crippen LogP contribution in [0.25, 0.3) is 0 Å². The first-order chi connectivity index (χ1) is 12.6. The van der Waals surface area contributed by atoms with Crippen molar-refractivity contribution in [3.63, 3.8) is 0 Å². The van der Waals surface area contributed by atoms with Crippen molar-refractivity contribution in [1.29, 1.82) is 0 Å². The van der Waals surface area contributed by atoms with Gasteiger partial charge in [-0.2, -0.15) is 0 Å². The molecule has 0 bridgehead atoms. The number of ether oxygens (including phenoxy) is 1. The third-order valence-corrected chi connectivity index (χ3v) is 3.53. The molecule has 1 aromatic rings. The van der Waals surface area contributed by atoms with Gasteiger partial charge >= 0.3 is 0 Å². The van der Waals surface area contributed by atoms with E-state index in [0.717, 1.165) is 44.2 Å². The van der Waals surface area contributed by atoms with Crippen molar-refractivity contribution in [1.82, 2.24) is 16.0 Å². The molecule has 0 aliphatic heterocycles. The summed E-state index contributed by atoms with van der Waals surface area (Å²) in [5.74, 6) is 1.32. The zero-order valence-corrected chi connectivity index (χ0v) is 19.3. The summed E-state index contributed by atoms with van der Waals surface area (Å²) < 4.78 is 5.58. The molecule has 1 amide bonds. The van der Waals surface area contributed by atoms with Crippen LogP contribution in [0, 0.1) is 5.92 Å². The van der Waals surface area contributed by atoms with Gasteiger partial charge in [0.15, 0.2) is 5.96 Å². The number of rotatable bonds is 11. The van der Waals surface area contributed by atoms with Gasteiger partial charge in [0.2, 0.25) is 0 Å². The maximum Gasteiger partial charge on any atom is 0.251 e. The highest BCUT2D eigenvalue weighted by molar-refractivity contribution is 14.0. The largest absolute Gasteiger partial charge is 0.381 e. The summed E-state index contributed by atoms with van der Waals surface area (Å²) in [6, 6.07) is 7.55. The molecule has 0 radical (unpaired) electrons. The number of halogens is 1. The van der Waals surface area contributed by atoms with Gasteiger partial charge in [0.1, 0.15) is 0 Å². The highest BCUT2D eigenvalue weighted by Gasteiger charge is 2.03. The topological polar surface area (TPSA) is 74.8 Å². The minimum atomic E-state index is -0.0442. The number of nitrogens with one attached hydrogen (secondary N) is 3. The second kappa shape index (κ2) is 15.7. The third kappa shape index (κ3) is 11.9. The predicted molar refractivity (Wildman–Crippen MR) is 123 cm³/mol. The monoisotopic (exact) mass is 490 g/mol. The first-order valence-corrected chi connectivity index (χ1v) is 9.53. The number of nitrogens with zero attached hydrogens (tertiary/aromatic N) is 1. The summed E-state index contributed by atoms with van der Waals surface area (Å²) in [5, 5.41) is 9.36. The van der Waals surface area contributed by atoms with E-state index in [2.05, 4.69) is 34.8 Å². The van der Waals surface area contributed by atoms with Gasteiger partial charge in [-0.15, -0.1) is 24.0 Å². The number of hydrogen-bond donors (Lipinski definition) is 3. The van der Waals surface area contributed by atoms with Gasteiger partial charge in [-0.05, 0) is 43.9 Å². The Morgan fingerprint density at radius 1 is 1.07 bits per heavy atom. The van der Waals surface area contributed by atoms with Crippen molar-refractivity contribution < 1.29 is 9.53 Å². The lowest BCUT2D eigenvalue weighted by Crippen LogP contribution is -2.38. The molecule has 0 saturated heterocycles. The number of amides is 1. The van der Waals surface area contributed by atoms with Gasteiger partial charge in [0, 0.05) is 38.4 Å². The maximum atomic E-state index is 11.8. The number of guanidine groups is 1. The Morgan fingerprint density at radius 2 is 1.74 bits per heavy atom. The maximum absolute atomic E-state index is 11.8. The number of benzene rings is 1. The van der Waals surface area contributed by atoms with Crippen LogP contribution in [-0.4, -0.2) is 44.7 Å². The molecule has 3 N–H and O–H groups in total. The van der Waals surface area contributed by atoms with Crippen LogP contribution in [0.1, 0.15) is 50.0 Å². The standard InChI is InChI=1S/C20H34N4O2.HI/c1-5-21-19(25)18-10-8-17(9-11-18)14-24-20(22-6-2)23-12-7-13-26-15-16(3)4;/h8-11,16H,5-7,12-15H2,1-4H3,(H,21,25)(H2,22,23,24);1H. The van der Waals surface area contributed by atoms with Crippen LogP contribution >= 0.6 is 24.0 Å². The first-order valence-electron chi connectivity index (χ1n) is 9.53. The van der Waals surface area contributed by atoms with Crippen LogP contribution in [0.2, 0.25) is 0 Å². The average molecular weight is 490 g/mol. The van der Waals surface area contributed by atoms with Crippen molar-refractivity contribution in [3.8, 4) is 0 Å². The molecule has 0 saturated carbocycles. The van der Waals surface area contributed by atoms with E-state index in [1.807, 2.05) is 38.1 Å². The van der Waals surface area contributed by atoms with Crippen LogP contribution < -0.4 is 16.0 Å². The SMILES string of the molecule is CCNC(=O)c1ccc(CN=C(NCC)NCCCOCC(C)C)cc1.I. The van der Waals surface area contributed by atoms with Gasteiger partial charge in [-0.25, -0.2) is 4.99 Å². The van der Waals surface area contributed by atoms with Gasteiger partial charge < -0.3 is 20.7 Å². The molecule has 0 fully saturated rings. The lowest BCUT2D eigenvalue weighted by atomic mass is 10.1. The van der Waals surface area contributed by atoms with E-state index >= 15 is 0 Å². The molecule has 27 heavy (non-hydrogen) atoms. The Hall–Kier alpha value is -1.35. The molecule has 0 unspecified atom stereocenters. The molecule has 154 valence electrons. The second-order valence-corrected chi connectivity index (χ2v) is 6.50. The quantitative estimate of drug-likeness (QED) is 0.193. The summed E-state index contributed by atoms with van der Waals surface area (Å²) >= 11 is 0. The van der Waals surface area contributed by atoms with E-state index in [9.17, 15) is 4.79 Å². The molecule has 0 heterocycles. The zero-order chi connectivity index (χ0) is 19.2. The summed E-state index contributed by atoms with van der Waals surface area (Å²) in [6.45, 7) is 12.6. The number of carbonyl (C=O) groups is 1. The molecular weight excluding hydrogens is 455 g/mol. The fraction of sp³-hybridized carbons (Fsp3) is 0.600. The Balaban J connectivity index is 0.00000676. The van der Waals surface area contributed by atoms with Crippen LogP contribution in [0.15, 0.2) is 29.3 Å². The molecule has 0 spiro atoms. The first kappa shape index (κ1) is 25.6. The van der Waals surface area contributed by atoms with Gasteiger partial charge in [-0.1, -0.05) is 26.0 Å². The number of hydrogen-bond acceptors (Lipinski definition) is 3. The van der Waals surface area contributed by atoms with E-state index in [1.54, 1.807) is 0 Å². The highest BCUT2D eigenvalue weighted by atomic mass is 127. The summed E-state index contributed by atoms with van der Waals surface area (Å²) in [5.41, 5.74) is 1.74. The molecular formula is C20H35IN4O2. The average Bonchev–Trinajstić information content (AvgIpc) is 2.62. The number of carbonyl (C=O) groups excluding carboxylic acids is 1. The van der Waals surface area contributed by atoms with Crippen molar-refractivity contribution in [2.24, 2.45) is 10.9 Å². The van der Waals surface area contributed by atoms with Crippen LogP contribution in [0.4, 0.5) is 0 Å². The fourth-order valence-electron chi connectivity index (χ4n) is 2.24. The van der Waals surface area contributed by atoms with Gasteiger partial charge in [0.05, 0.1) is 6.54 Å². The Morgan fingerprint density at radius 3 is 2.33 bits per heavy atom. The van der Waals surface area contributed by atoms with Crippen LogP contribution in [0.5, 0.6) is 0 Å². The zero-order valence-electron chi connectivity index (χ0n) is 17.0. The van der Waals surface area contributed by atoms with Crippen LogP contribution in [0.3, 0.4) is 0 Å².